The summed E-state index contributed by atoms with van der Waals surface area (Å²) in [4.78, 5) is 4.44. The van der Waals surface area contributed by atoms with Crippen LogP contribution in [0.5, 0.6) is 0 Å². The van der Waals surface area contributed by atoms with E-state index in [0.29, 0.717) is 29.2 Å². The summed E-state index contributed by atoms with van der Waals surface area (Å²) < 4.78 is 12.7. The van der Waals surface area contributed by atoms with Gasteiger partial charge in [0.15, 0.2) is 5.76 Å². The maximum Gasteiger partial charge on any atom is 0.288 e. The van der Waals surface area contributed by atoms with Crippen molar-refractivity contribution in [3.8, 4) is 11.7 Å². The van der Waals surface area contributed by atoms with Gasteiger partial charge < -0.3 is 8.83 Å². The first-order valence-electron chi connectivity index (χ1n) is 8.22. The quantitative estimate of drug-likeness (QED) is 0.642. The zero-order chi connectivity index (χ0) is 16.1. The number of rotatable bonds is 4. The summed E-state index contributed by atoms with van der Waals surface area (Å²) in [6, 6.07) is 6.44. The molecule has 0 unspecified atom stereocenters. The average Bonchev–Trinajstić information content (AvgIpc) is 3.00. The van der Waals surface area contributed by atoms with Crippen LogP contribution in [0.1, 0.15) is 29.3 Å². The van der Waals surface area contributed by atoms with Gasteiger partial charge in [0.2, 0.25) is 0 Å². The maximum atomic E-state index is 5.61. The highest BCUT2D eigenvalue weighted by Gasteiger charge is 2.40. The lowest BCUT2D eigenvalue weighted by Crippen LogP contribution is -2.37. The Labute approximate surface area is 148 Å². The number of aromatic nitrogens is 2. The fourth-order valence-electron chi connectivity index (χ4n) is 3.59. The molecule has 124 valence electrons. The minimum Gasteiger partial charge on any atom is -0.459 e. The summed E-state index contributed by atoms with van der Waals surface area (Å²) in [5, 5.41) is 6.74. The molecule has 0 saturated heterocycles. The highest BCUT2D eigenvalue weighted by Crippen LogP contribution is 2.48. The molecule has 0 aromatic carbocycles. The molecule has 1 aliphatic carbocycles. The van der Waals surface area contributed by atoms with Gasteiger partial charge in [-0.05, 0) is 66.5 Å². The van der Waals surface area contributed by atoms with Crippen molar-refractivity contribution in [2.24, 2.45) is 5.92 Å². The molecule has 1 saturated carbocycles. The van der Waals surface area contributed by atoms with Crippen LogP contribution in [0.4, 0.5) is 0 Å². The molecule has 0 N–H and O–H groups in total. The van der Waals surface area contributed by atoms with Crippen LogP contribution in [0.3, 0.4) is 0 Å². The van der Waals surface area contributed by atoms with Crippen LogP contribution < -0.4 is 0 Å². The van der Waals surface area contributed by atoms with Gasteiger partial charge in [-0.15, -0.1) is 16.4 Å². The van der Waals surface area contributed by atoms with Crippen LogP contribution in [0.25, 0.3) is 11.7 Å². The molecule has 2 aliphatic rings. The van der Waals surface area contributed by atoms with E-state index in [9.17, 15) is 0 Å². The fraction of sp³-hybridized carbons (Fsp3) is 0.412. The third kappa shape index (κ3) is 2.47. The number of nitrogens with zero attached hydrogens (tertiary/aromatic N) is 3. The van der Waals surface area contributed by atoms with Crippen LogP contribution in [0, 0.1) is 10.8 Å². The van der Waals surface area contributed by atoms with Crippen molar-refractivity contribution in [3.05, 3.63) is 45.1 Å². The standard InChI is InChI=1S/C17H17N3O2S2/c23-17-20(18-16(22-17)13-2-1-8-21-13)10-19-7-5-14-12(6-9-24-14)15(19)11-3-4-11/h1-2,6,8-9,11,15H,3-5,7,10H2/t15-/m1/s1. The SMILES string of the molecule is S=c1oc(-c2ccco2)nn1CN1CCc2sccc2[C@H]1C1CC1. The zero-order valence-electron chi connectivity index (χ0n) is 13.1. The van der Waals surface area contributed by atoms with Gasteiger partial charge in [0.05, 0.1) is 12.9 Å². The molecular formula is C17H17N3O2S2. The summed E-state index contributed by atoms with van der Waals surface area (Å²) in [5.74, 6) is 1.82. The molecule has 1 atom stereocenters. The second kappa shape index (κ2) is 5.68. The van der Waals surface area contributed by atoms with Crippen molar-refractivity contribution in [2.75, 3.05) is 6.54 Å². The predicted molar refractivity (Wildman–Crippen MR) is 93.2 cm³/mol. The first-order chi connectivity index (χ1) is 11.8. The minimum atomic E-state index is 0.395. The topological polar surface area (TPSA) is 47.3 Å². The molecule has 3 aromatic rings. The van der Waals surface area contributed by atoms with Crippen molar-refractivity contribution in [1.82, 2.24) is 14.7 Å². The Kier molecular flexibility index (Phi) is 3.46. The minimum absolute atomic E-state index is 0.395. The van der Waals surface area contributed by atoms with Gasteiger partial charge in [-0.25, -0.2) is 4.68 Å². The summed E-state index contributed by atoms with van der Waals surface area (Å²) in [7, 11) is 0. The van der Waals surface area contributed by atoms with Gasteiger partial charge in [-0.1, -0.05) is 0 Å². The number of furan rings is 1. The summed E-state index contributed by atoms with van der Waals surface area (Å²) >= 11 is 7.25. The number of fused-ring (bicyclic) bond motifs is 1. The third-order valence-corrected chi connectivity index (χ3v) is 6.13. The van der Waals surface area contributed by atoms with Crippen molar-refractivity contribution in [3.63, 3.8) is 0 Å². The molecule has 24 heavy (non-hydrogen) atoms. The Morgan fingerprint density at radius 2 is 2.25 bits per heavy atom. The van der Waals surface area contributed by atoms with Crippen LogP contribution >= 0.6 is 23.6 Å². The summed E-state index contributed by atoms with van der Waals surface area (Å²) in [6.07, 6.45) is 5.35. The average molecular weight is 359 g/mol. The van der Waals surface area contributed by atoms with Crippen molar-refractivity contribution in [2.45, 2.75) is 32.0 Å². The normalized spacial score (nSPS) is 21.1. The highest BCUT2D eigenvalue weighted by molar-refractivity contribution is 7.71. The highest BCUT2D eigenvalue weighted by atomic mass is 32.1. The summed E-state index contributed by atoms with van der Waals surface area (Å²) in [5.41, 5.74) is 1.51. The van der Waals surface area contributed by atoms with Crippen molar-refractivity contribution < 1.29 is 8.83 Å². The monoisotopic (exact) mass is 359 g/mol. The molecule has 0 spiro atoms. The molecular weight excluding hydrogens is 342 g/mol. The van der Waals surface area contributed by atoms with E-state index < -0.39 is 0 Å². The lowest BCUT2D eigenvalue weighted by Gasteiger charge is -2.35. The Morgan fingerprint density at radius 1 is 1.33 bits per heavy atom. The lowest BCUT2D eigenvalue weighted by molar-refractivity contribution is 0.116. The number of thiophene rings is 1. The zero-order valence-corrected chi connectivity index (χ0v) is 14.7. The maximum absolute atomic E-state index is 5.61. The molecule has 4 heterocycles. The summed E-state index contributed by atoms with van der Waals surface area (Å²) in [6.45, 7) is 1.71. The molecule has 0 amide bonds. The Balaban J connectivity index is 1.44. The van der Waals surface area contributed by atoms with Gasteiger partial charge in [0.1, 0.15) is 0 Å². The van der Waals surface area contributed by atoms with E-state index in [1.165, 1.54) is 18.4 Å². The van der Waals surface area contributed by atoms with Crippen LogP contribution in [-0.2, 0) is 13.1 Å². The second-order valence-corrected chi connectivity index (χ2v) is 7.79. The molecule has 5 rings (SSSR count). The van der Waals surface area contributed by atoms with Crippen LogP contribution in [0.2, 0.25) is 0 Å². The molecule has 1 aliphatic heterocycles. The van der Waals surface area contributed by atoms with Gasteiger partial charge in [0.25, 0.3) is 10.7 Å². The van der Waals surface area contributed by atoms with E-state index in [2.05, 4.69) is 21.4 Å². The molecule has 5 nitrogen and oxygen atoms in total. The van der Waals surface area contributed by atoms with Gasteiger partial charge in [-0.2, -0.15) is 0 Å². The number of hydrogen-bond donors (Lipinski definition) is 0. The molecule has 0 radical (unpaired) electrons. The van der Waals surface area contributed by atoms with E-state index in [-0.39, 0.29) is 0 Å². The smallest absolute Gasteiger partial charge is 0.288 e. The molecule has 3 aromatic heterocycles. The van der Waals surface area contributed by atoms with E-state index in [1.54, 1.807) is 15.8 Å². The van der Waals surface area contributed by atoms with Gasteiger partial charge >= 0.3 is 0 Å². The van der Waals surface area contributed by atoms with Crippen molar-refractivity contribution in [1.29, 1.82) is 0 Å². The lowest BCUT2D eigenvalue weighted by atomic mass is 9.96. The number of hydrogen-bond acceptors (Lipinski definition) is 6. The largest absolute Gasteiger partial charge is 0.459 e. The Bertz CT molecular complexity index is 905. The van der Waals surface area contributed by atoms with Gasteiger partial charge in [0, 0.05) is 17.5 Å². The van der Waals surface area contributed by atoms with Crippen LogP contribution in [-0.4, -0.2) is 21.2 Å². The fourth-order valence-corrected chi connectivity index (χ4v) is 4.68. The van der Waals surface area contributed by atoms with Gasteiger partial charge in [-0.3, -0.25) is 4.90 Å². The van der Waals surface area contributed by atoms with E-state index in [4.69, 9.17) is 21.1 Å². The van der Waals surface area contributed by atoms with Crippen molar-refractivity contribution >= 4 is 23.6 Å². The Hall–Kier alpha value is -1.70. The second-order valence-electron chi connectivity index (χ2n) is 6.44. The predicted octanol–water partition coefficient (Wildman–Crippen LogP) is 4.49. The first kappa shape index (κ1) is 14.6. The first-order valence-corrected chi connectivity index (χ1v) is 9.50. The van der Waals surface area contributed by atoms with E-state index >= 15 is 0 Å². The van der Waals surface area contributed by atoms with Crippen LogP contribution in [0.15, 0.2) is 38.7 Å². The molecule has 0 bridgehead atoms. The molecule has 7 heteroatoms. The third-order valence-electron chi connectivity index (χ3n) is 4.84. The molecule has 1 fully saturated rings. The van der Waals surface area contributed by atoms with E-state index in [0.717, 1.165) is 18.9 Å². The Morgan fingerprint density at radius 3 is 3.04 bits per heavy atom. The van der Waals surface area contributed by atoms with E-state index in [1.807, 2.05) is 23.5 Å².